The highest BCUT2D eigenvalue weighted by Gasteiger charge is 2.44. The lowest BCUT2D eigenvalue weighted by Crippen LogP contribution is -2.60. The van der Waals surface area contributed by atoms with Crippen LogP contribution in [0.15, 0.2) is 24.5 Å². The molecule has 7 heteroatoms. The second-order valence-electron chi connectivity index (χ2n) is 6.23. The van der Waals surface area contributed by atoms with Gasteiger partial charge in [0.1, 0.15) is 0 Å². The summed E-state index contributed by atoms with van der Waals surface area (Å²) in [5.74, 6) is 0.187. The molecule has 1 aromatic rings. The van der Waals surface area contributed by atoms with Gasteiger partial charge in [-0.25, -0.2) is 12.7 Å². The van der Waals surface area contributed by atoms with Gasteiger partial charge in [-0.05, 0) is 37.5 Å². The predicted molar refractivity (Wildman–Crippen MR) is 88.5 cm³/mol. The number of aromatic nitrogens is 1. The van der Waals surface area contributed by atoms with Crippen LogP contribution in [0, 0.1) is 0 Å². The van der Waals surface area contributed by atoms with Gasteiger partial charge in [-0.15, -0.1) is 0 Å². The minimum atomic E-state index is -3.06. The van der Waals surface area contributed by atoms with E-state index in [4.69, 9.17) is 4.74 Å². The largest absolute Gasteiger partial charge is 0.378 e. The van der Waals surface area contributed by atoms with Crippen molar-refractivity contribution in [2.75, 3.05) is 32.5 Å². The van der Waals surface area contributed by atoms with E-state index in [1.807, 2.05) is 24.5 Å². The van der Waals surface area contributed by atoms with Gasteiger partial charge in [0.05, 0.1) is 17.9 Å². The molecular formula is C16H25N3O3S. The van der Waals surface area contributed by atoms with Crippen LogP contribution in [0.5, 0.6) is 0 Å². The summed E-state index contributed by atoms with van der Waals surface area (Å²) < 4.78 is 31.2. The number of hydrogen-bond donors (Lipinski definition) is 0. The molecule has 2 fully saturated rings. The highest BCUT2D eigenvalue weighted by atomic mass is 32.2. The van der Waals surface area contributed by atoms with Crippen LogP contribution in [-0.4, -0.2) is 67.2 Å². The van der Waals surface area contributed by atoms with E-state index in [-0.39, 0.29) is 17.9 Å². The van der Waals surface area contributed by atoms with E-state index in [9.17, 15) is 8.42 Å². The number of methoxy groups -OCH3 is 1. The van der Waals surface area contributed by atoms with Gasteiger partial charge in [0, 0.05) is 45.2 Å². The normalized spacial score (nSPS) is 27.7. The van der Waals surface area contributed by atoms with Crippen molar-refractivity contribution in [3.63, 3.8) is 0 Å². The van der Waals surface area contributed by atoms with Gasteiger partial charge in [-0.3, -0.25) is 9.88 Å². The Bertz CT molecular complexity index is 615. The Hall–Kier alpha value is -1.02. The van der Waals surface area contributed by atoms with Gasteiger partial charge in [0.15, 0.2) is 0 Å². The zero-order valence-electron chi connectivity index (χ0n) is 13.8. The molecule has 0 spiro atoms. The van der Waals surface area contributed by atoms with Crippen molar-refractivity contribution < 1.29 is 13.2 Å². The summed E-state index contributed by atoms with van der Waals surface area (Å²) >= 11 is 0. The van der Waals surface area contributed by atoms with Crippen LogP contribution in [-0.2, 0) is 14.8 Å². The summed E-state index contributed by atoms with van der Waals surface area (Å²) in [5, 5.41) is 0. The van der Waals surface area contributed by atoms with E-state index in [1.165, 1.54) is 5.56 Å². The monoisotopic (exact) mass is 339 g/mol. The van der Waals surface area contributed by atoms with Crippen LogP contribution in [0.3, 0.4) is 0 Å². The molecule has 3 heterocycles. The van der Waals surface area contributed by atoms with E-state index in [0.717, 1.165) is 19.4 Å². The smallest absolute Gasteiger partial charge is 0.213 e. The lowest BCUT2D eigenvalue weighted by atomic mass is 9.87. The van der Waals surface area contributed by atoms with Crippen LogP contribution in [0.1, 0.15) is 31.4 Å². The summed E-state index contributed by atoms with van der Waals surface area (Å²) in [5.41, 5.74) is 1.22. The number of likely N-dealkylation sites (tertiary alicyclic amines) is 1. The summed E-state index contributed by atoms with van der Waals surface area (Å²) in [6.45, 7) is 3.87. The third kappa shape index (κ3) is 3.28. The van der Waals surface area contributed by atoms with Crippen LogP contribution in [0.2, 0.25) is 0 Å². The molecule has 0 aromatic carbocycles. The van der Waals surface area contributed by atoms with Crippen LogP contribution >= 0.6 is 0 Å². The molecule has 0 radical (unpaired) electrons. The molecule has 128 valence electrons. The van der Waals surface area contributed by atoms with Gasteiger partial charge in [-0.2, -0.15) is 0 Å². The zero-order chi connectivity index (χ0) is 16.4. The number of nitrogens with zero attached hydrogens (tertiary/aromatic N) is 3. The van der Waals surface area contributed by atoms with Crippen molar-refractivity contribution in [1.29, 1.82) is 0 Å². The average molecular weight is 339 g/mol. The molecule has 0 amide bonds. The molecule has 2 saturated heterocycles. The highest BCUT2D eigenvalue weighted by Crippen LogP contribution is 2.39. The third-order valence-electron chi connectivity index (χ3n) is 5.10. The van der Waals surface area contributed by atoms with Crippen molar-refractivity contribution in [2.45, 2.75) is 38.0 Å². The van der Waals surface area contributed by atoms with Crippen molar-refractivity contribution in [3.05, 3.63) is 30.1 Å². The molecule has 2 atom stereocenters. The molecule has 3 rings (SSSR count). The van der Waals surface area contributed by atoms with Gasteiger partial charge in [0.2, 0.25) is 10.0 Å². The van der Waals surface area contributed by atoms with E-state index in [1.54, 1.807) is 18.3 Å². The molecule has 0 saturated carbocycles. The van der Waals surface area contributed by atoms with E-state index in [0.29, 0.717) is 19.1 Å². The number of ether oxygens (including phenoxy) is 1. The molecule has 0 aliphatic carbocycles. The molecule has 23 heavy (non-hydrogen) atoms. The SMILES string of the molecule is CCS(=O)(=O)N1CCC(N2C[C@H](OC)[C@@H]2c2ccncc2)CC1. The van der Waals surface area contributed by atoms with E-state index >= 15 is 0 Å². The Balaban J connectivity index is 1.66. The maximum absolute atomic E-state index is 12.0. The summed E-state index contributed by atoms with van der Waals surface area (Å²) in [6, 6.07) is 4.75. The number of sulfonamides is 1. The lowest BCUT2D eigenvalue weighted by Gasteiger charge is -2.52. The molecule has 1 aromatic heterocycles. The first-order chi connectivity index (χ1) is 11.1. The van der Waals surface area contributed by atoms with Crippen LogP contribution in [0.25, 0.3) is 0 Å². The first-order valence-corrected chi connectivity index (χ1v) is 9.84. The Morgan fingerprint density at radius 2 is 1.91 bits per heavy atom. The zero-order valence-corrected chi connectivity index (χ0v) is 14.6. The van der Waals surface area contributed by atoms with E-state index < -0.39 is 10.0 Å². The van der Waals surface area contributed by atoms with Crippen LogP contribution < -0.4 is 0 Å². The summed E-state index contributed by atoms with van der Waals surface area (Å²) in [7, 11) is -1.30. The topological polar surface area (TPSA) is 62.7 Å². The minimum absolute atomic E-state index is 0.187. The van der Waals surface area contributed by atoms with Crippen molar-refractivity contribution in [1.82, 2.24) is 14.2 Å². The number of rotatable bonds is 5. The van der Waals surface area contributed by atoms with Crippen molar-refractivity contribution in [3.8, 4) is 0 Å². The third-order valence-corrected chi connectivity index (χ3v) is 6.98. The Morgan fingerprint density at radius 3 is 2.48 bits per heavy atom. The first kappa shape index (κ1) is 16.8. The number of piperidine rings is 1. The molecule has 0 bridgehead atoms. The lowest BCUT2D eigenvalue weighted by molar-refractivity contribution is -0.114. The van der Waals surface area contributed by atoms with Gasteiger partial charge < -0.3 is 4.74 Å². The molecule has 0 N–H and O–H groups in total. The molecule has 2 aliphatic heterocycles. The summed E-state index contributed by atoms with van der Waals surface area (Å²) in [6.07, 6.45) is 5.60. The fraction of sp³-hybridized carbons (Fsp3) is 0.688. The maximum atomic E-state index is 12.0. The quantitative estimate of drug-likeness (QED) is 0.808. The van der Waals surface area contributed by atoms with Gasteiger partial charge >= 0.3 is 0 Å². The Labute approximate surface area is 138 Å². The second kappa shape index (κ2) is 6.84. The minimum Gasteiger partial charge on any atom is -0.378 e. The first-order valence-electron chi connectivity index (χ1n) is 8.23. The fourth-order valence-corrected chi connectivity index (χ4v) is 4.81. The van der Waals surface area contributed by atoms with Crippen molar-refractivity contribution in [2.24, 2.45) is 0 Å². The molecular weight excluding hydrogens is 314 g/mol. The van der Waals surface area contributed by atoms with E-state index in [2.05, 4.69) is 9.88 Å². The number of hydrogen-bond acceptors (Lipinski definition) is 5. The Morgan fingerprint density at radius 1 is 1.26 bits per heavy atom. The molecule has 6 nitrogen and oxygen atoms in total. The predicted octanol–water partition coefficient (Wildman–Crippen LogP) is 1.27. The van der Waals surface area contributed by atoms with Crippen LogP contribution in [0.4, 0.5) is 0 Å². The van der Waals surface area contributed by atoms with Gasteiger partial charge in [0.25, 0.3) is 0 Å². The standard InChI is InChI=1S/C16H25N3O3S/c1-3-23(20,21)18-10-6-14(7-11-18)19-12-15(22-2)16(19)13-4-8-17-9-5-13/h4-5,8-9,14-16H,3,6-7,10-12H2,1-2H3/t15-,16-/m0/s1. The Kier molecular flexibility index (Phi) is 5.01. The fourth-order valence-electron chi connectivity index (χ4n) is 3.68. The van der Waals surface area contributed by atoms with Gasteiger partial charge in [-0.1, -0.05) is 0 Å². The number of pyridine rings is 1. The summed E-state index contributed by atoms with van der Waals surface area (Å²) in [4.78, 5) is 6.55. The van der Waals surface area contributed by atoms with Crippen molar-refractivity contribution >= 4 is 10.0 Å². The second-order valence-corrected chi connectivity index (χ2v) is 8.48. The molecule has 0 unspecified atom stereocenters. The maximum Gasteiger partial charge on any atom is 0.213 e. The average Bonchev–Trinajstić information content (AvgIpc) is 2.56. The molecule has 2 aliphatic rings. The highest BCUT2D eigenvalue weighted by molar-refractivity contribution is 7.89.